The lowest BCUT2D eigenvalue weighted by Crippen LogP contribution is -2.21. The van der Waals surface area contributed by atoms with Crippen molar-refractivity contribution < 1.29 is 9.13 Å². The first-order valence-electron chi connectivity index (χ1n) is 6.13. The van der Waals surface area contributed by atoms with Crippen LogP contribution in [0.1, 0.15) is 17.2 Å². The first kappa shape index (κ1) is 12.6. The highest BCUT2D eigenvalue weighted by atomic mass is 79.9. The molecule has 1 aliphatic rings. The quantitative estimate of drug-likeness (QED) is 0.928. The highest BCUT2D eigenvalue weighted by molar-refractivity contribution is 9.10. The van der Waals surface area contributed by atoms with Crippen molar-refractivity contribution in [2.24, 2.45) is 0 Å². The van der Waals surface area contributed by atoms with E-state index in [2.05, 4.69) is 27.3 Å². The predicted octanol–water partition coefficient (Wildman–Crippen LogP) is 3.81. The second-order valence-corrected chi connectivity index (χ2v) is 5.39. The topological polar surface area (TPSA) is 21.3 Å². The molecule has 3 rings (SSSR count). The summed E-state index contributed by atoms with van der Waals surface area (Å²) in [5, 5.41) is 3.43. The van der Waals surface area contributed by atoms with Gasteiger partial charge >= 0.3 is 0 Å². The molecule has 0 aliphatic carbocycles. The molecule has 1 aliphatic heterocycles. The molecular formula is C15H13BrFNO. The number of fused-ring (bicyclic) bond motifs is 1. The van der Waals surface area contributed by atoms with E-state index in [1.165, 1.54) is 11.6 Å². The van der Waals surface area contributed by atoms with Crippen molar-refractivity contribution >= 4 is 15.9 Å². The fourth-order valence-corrected chi connectivity index (χ4v) is 2.65. The van der Waals surface area contributed by atoms with Crippen LogP contribution in [-0.2, 0) is 6.54 Å². The van der Waals surface area contributed by atoms with Gasteiger partial charge in [0.2, 0.25) is 0 Å². The molecule has 0 saturated carbocycles. The molecule has 1 heterocycles. The minimum atomic E-state index is -0.238. The van der Waals surface area contributed by atoms with E-state index >= 15 is 0 Å². The highest BCUT2D eigenvalue weighted by Gasteiger charge is 2.22. The number of hydrogen-bond acceptors (Lipinski definition) is 2. The standard InChI is InChI=1S/C15H13BrFNO/c16-12-7-10(5-6-13(12)17)8-18-14-9-19-15-4-2-1-3-11(14)15/h1-7,14,18H,8-9H2. The number of benzene rings is 2. The summed E-state index contributed by atoms with van der Waals surface area (Å²) < 4.78 is 19.3. The van der Waals surface area contributed by atoms with Gasteiger partial charge in [-0.2, -0.15) is 0 Å². The largest absolute Gasteiger partial charge is 0.491 e. The Kier molecular flexibility index (Phi) is 3.53. The fraction of sp³-hybridized carbons (Fsp3) is 0.200. The number of hydrogen-bond donors (Lipinski definition) is 1. The molecule has 0 radical (unpaired) electrons. The normalized spacial score (nSPS) is 17.1. The number of para-hydroxylation sites is 1. The summed E-state index contributed by atoms with van der Waals surface area (Å²) in [6.45, 7) is 1.32. The van der Waals surface area contributed by atoms with Crippen LogP contribution >= 0.6 is 15.9 Å². The van der Waals surface area contributed by atoms with Gasteiger partial charge in [0, 0.05) is 12.1 Å². The van der Waals surface area contributed by atoms with Crippen molar-refractivity contribution in [3.8, 4) is 5.75 Å². The molecule has 1 N–H and O–H groups in total. The lowest BCUT2D eigenvalue weighted by molar-refractivity contribution is 0.310. The Morgan fingerprint density at radius 3 is 2.95 bits per heavy atom. The molecule has 98 valence electrons. The van der Waals surface area contributed by atoms with Crippen LogP contribution in [0.2, 0.25) is 0 Å². The van der Waals surface area contributed by atoms with Crippen molar-refractivity contribution in [2.75, 3.05) is 6.61 Å². The van der Waals surface area contributed by atoms with E-state index in [-0.39, 0.29) is 11.9 Å². The van der Waals surface area contributed by atoms with Gasteiger partial charge in [0.1, 0.15) is 18.2 Å². The number of ether oxygens (including phenoxy) is 1. The Morgan fingerprint density at radius 2 is 2.11 bits per heavy atom. The van der Waals surface area contributed by atoms with Gasteiger partial charge in [-0.1, -0.05) is 24.3 Å². The Hall–Kier alpha value is -1.39. The third-order valence-corrected chi connectivity index (χ3v) is 3.84. The minimum Gasteiger partial charge on any atom is -0.491 e. The number of halogens is 2. The van der Waals surface area contributed by atoms with Gasteiger partial charge < -0.3 is 10.1 Å². The summed E-state index contributed by atoms with van der Waals surface area (Å²) in [7, 11) is 0. The van der Waals surface area contributed by atoms with Crippen LogP contribution in [0.4, 0.5) is 4.39 Å². The van der Waals surface area contributed by atoms with Crippen LogP contribution in [-0.4, -0.2) is 6.61 Å². The molecule has 2 aromatic carbocycles. The van der Waals surface area contributed by atoms with E-state index in [9.17, 15) is 4.39 Å². The highest BCUT2D eigenvalue weighted by Crippen LogP contribution is 2.31. The maximum Gasteiger partial charge on any atom is 0.137 e. The molecule has 4 heteroatoms. The lowest BCUT2D eigenvalue weighted by Gasteiger charge is -2.12. The first-order valence-corrected chi connectivity index (χ1v) is 6.92. The van der Waals surface area contributed by atoms with Gasteiger partial charge in [-0.15, -0.1) is 0 Å². The molecule has 0 saturated heterocycles. The SMILES string of the molecule is Fc1ccc(CNC2COc3ccccc32)cc1Br. The van der Waals surface area contributed by atoms with Crippen molar-refractivity contribution in [2.45, 2.75) is 12.6 Å². The van der Waals surface area contributed by atoms with E-state index < -0.39 is 0 Å². The Balaban J connectivity index is 1.69. The molecule has 0 bridgehead atoms. The third-order valence-electron chi connectivity index (χ3n) is 3.24. The van der Waals surface area contributed by atoms with Gasteiger partial charge in [-0.25, -0.2) is 4.39 Å². The van der Waals surface area contributed by atoms with E-state index in [1.807, 2.05) is 18.2 Å². The second kappa shape index (κ2) is 5.31. The maximum atomic E-state index is 13.1. The van der Waals surface area contributed by atoms with Crippen LogP contribution in [0.3, 0.4) is 0 Å². The molecule has 0 aromatic heterocycles. The van der Waals surface area contributed by atoms with Gasteiger partial charge in [0.25, 0.3) is 0 Å². The average Bonchev–Trinajstić information content (AvgIpc) is 2.83. The number of nitrogens with one attached hydrogen (secondary N) is 1. The summed E-state index contributed by atoms with van der Waals surface area (Å²) >= 11 is 3.20. The van der Waals surface area contributed by atoms with Crippen LogP contribution in [0.15, 0.2) is 46.9 Å². The summed E-state index contributed by atoms with van der Waals surface area (Å²) in [6.07, 6.45) is 0. The molecular weight excluding hydrogens is 309 g/mol. The first-order chi connectivity index (χ1) is 9.24. The molecule has 0 fully saturated rings. The zero-order valence-electron chi connectivity index (χ0n) is 10.2. The number of rotatable bonds is 3. The molecule has 2 nitrogen and oxygen atoms in total. The fourth-order valence-electron chi connectivity index (χ4n) is 2.22. The van der Waals surface area contributed by atoms with Crippen LogP contribution in [0, 0.1) is 5.82 Å². The Morgan fingerprint density at radius 1 is 1.26 bits per heavy atom. The van der Waals surface area contributed by atoms with Gasteiger partial charge in [0.05, 0.1) is 10.5 Å². The molecule has 1 unspecified atom stereocenters. The van der Waals surface area contributed by atoms with Gasteiger partial charge in [-0.3, -0.25) is 0 Å². The zero-order valence-corrected chi connectivity index (χ0v) is 11.8. The van der Waals surface area contributed by atoms with E-state index in [0.717, 1.165) is 11.3 Å². The van der Waals surface area contributed by atoms with Crippen LogP contribution in [0.5, 0.6) is 5.75 Å². The molecule has 19 heavy (non-hydrogen) atoms. The zero-order chi connectivity index (χ0) is 13.2. The van der Waals surface area contributed by atoms with Crippen LogP contribution in [0.25, 0.3) is 0 Å². The third kappa shape index (κ3) is 2.65. The van der Waals surface area contributed by atoms with Gasteiger partial charge in [-0.05, 0) is 39.7 Å². The molecule has 1 atom stereocenters. The maximum absolute atomic E-state index is 13.1. The van der Waals surface area contributed by atoms with Crippen molar-refractivity contribution in [1.82, 2.24) is 5.32 Å². The molecule has 0 spiro atoms. The van der Waals surface area contributed by atoms with Crippen LogP contribution < -0.4 is 10.1 Å². The average molecular weight is 322 g/mol. The van der Waals surface area contributed by atoms with Crippen molar-refractivity contribution in [3.05, 3.63) is 63.9 Å². The summed E-state index contributed by atoms with van der Waals surface area (Å²) in [5.74, 6) is 0.707. The van der Waals surface area contributed by atoms with Crippen molar-refractivity contribution in [3.63, 3.8) is 0 Å². The Labute approximate surface area is 119 Å². The Bertz CT molecular complexity index is 602. The summed E-state index contributed by atoms with van der Waals surface area (Å²) in [4.78, 5) is 0. The van der Waals surface area contributed by atoms with E-state index in [4.69, 9.17) is 4.74 Å². The second-order valence-electron chi connectivity index (χ2n) is 4.53. The molecule has 2 aromatic rings. The minimum absolute atomic E-state index is 0.194. The monoisotopic (exact) mass is 321 g/mol. The molecule has 0 amide bonds. The van der Waals surface area contributed by atoms with E-state index in [1.54, 1.807) is 12.1 Å². The van der Waals surface area contributed by atoms with Gasteiger partial charge in [0.15, 0.2) is 0 Å². The predicted molar refractivity (Wildman–Crippen MR) is 75.6 cm³/mol. The van der Waals surface area contributed by atoms with Crippen molar-refractivity contribution in [1.29, 1.82) is 0 Å². The summed E-state index contributed by atoms with van der Waals surface area (Å²) in [5.41, 5.74) is 2.22. The smallest absolute Gasteiger partial charge is 0.137 e. The van der Waals surface area contributed by atoms with E-state index in [0.29, 0.717) is 17.6 Å². The lowest BCUT2D eigenvalue weighted by atomic mass is 10.1. The summed E-state index contributed by atoms with van der Waals surface area (Å²) in [6, 6.07) is 13.3.